The maximum absolute atomic E-state index is 5.88. The molecule has 1 saturated heterocycles. The van der Waals surface area contributed by atoms with Gasteiger partial charge in [0.05, 0.1) is 13.2 Å². The molecule has 1 aliphatic rings. The van der Waals surface area contributed by atoms with E-state index >= 15 is 0 Å². The molecule has 1 aliphatic heterocycles. The van der Waals surface area contributed by atoms with Gasteiger partial charge in [0.15, 0.2) is 0 Å². The fourth-order valence-corrected chi connectivity index (χ4v) is 2.53. The van der Waals surface area contributed by atoms with Gasteiger partial charge in [-0.1, -0.05) is 12.1 Å². The summed E-state index contributed by atoms with van der Waals surface area (Å²) < 4.78 is 10.9. The highest BCUT2D eigenvalue weighted by molar-refractivity contribution is 5.37. The number of benzene rings is 1. The normalized spacial score (nSPS) is 20.5. The van der Waals surface area contributed by atoms with Crippen molar-refractivity contribution in [3.8, 4) is 5.75 Å². The van der Waals surface area contributed by atoms with Gasteiger partial charge in [-0.25, -0.2) is 0 Å². The van der Waals surface area contributed by atoms with Crippen LogP contribution in [0, 0.1) is 6.92 Å². The molecule has 0 aromatic heterocycles. The fourth-order valence-electron chi connectivity index (χ4n) is 2.53. The predicted molar refractivity (Wildman–Crippen MR) is 76.5 cm³/mol. The van der Waals surface area contributed by atoms with E-state index in [1.54, 1.807) is 7.11 Å². The Kier molecular flexibility index (Phi) is 5.19. The minimum absolute atomic E-state index is 0.175. The summed E-state index contributed by atoms with van der Waals surface area (Å²) in [6, 6.07) is 6.39. The van der Waals surface area contributed by atoms with E-state index in [0.717, 1.165) is 30.9 Å². The van der Waals surface area contributed by atoms with Crippen molar-refractivity contribution < 1.29 is 9.47 Å². The van der Waals surface area contributed by atoms with E-state index in [1.165, 1.54) is 12.0 Å². The molecule has 2 rings (SSSR count). The first-order valence-electron chi connectivity index (χ1n) is 6.94. The quantitative estimate of drug-likeness (QED) is 0.822. The lowest BCUT2D eigenvalue weighted by molar-refractivity contribution is 0.107. The van der Waals surface area contributed by atoms with Crippen LogP contribution in [0.25, 0.3) is 0 Å². The van der Waals surface area contributed by atoms with Crippen molar-refractivity contribution in [1.82, 2.24) is 5.32 Å². The van der Waals surface area contributed by atoms with Crippen molar-refractivity contribution in [2.45, 2.75) is 31.9 Å². The lowest BCUT2D eigenvalue weighted by atomic mass is 10.0. The summed E-state index contributed by atoms with van der Waals surface area (Å²) in [7, 11) is 1.69. The molecule has 0 saturated carbocycles. The topological polar surface area (TPSA) is 56.5 Å². The van der Waals surface area contributed by atoms with Crippen LogP contribution in [0.15, 0.2) is 18.2 Å². The lowest BCUT2D eigenvalue weighted by Gasteiger charge is -2.20. The molecule has 106 valence electrons. The molecule has 1 aromatic carbocycles. The van der Waals surface area contributed by atoms with Gasteiger partial charge in [0, 0.05) is 25.7 Å². The van der Waals surface area contributed by atoms with Gasteiger partial charge in [-0.05, 0) is 37.0 Å². The van der Waals surface area contributed by atoms with E-state index in [1.807, 2.05) is 6.07 Å². The van der Waals surface area contributed by atoms with Crippen LogP contribution in [0.5, 0.6) is 5.75 Å². The van der Waals surface area contributed by atoms with Crippen molar-refractivity contribution in [1.29, 1.82) is 0 Å². The van der Waals surface area contributed by atoms with Gasteiger partial charge in [0.2, 0.25) is 0 Å². The summed E-state index contributed by atoms with van der Waals surface area (Å²) in [6.07, 6.45) is 2.65. The summed E-state index contributed by atoms with van der Waals surface area (Å²) in [6.45, 7) is 4.39. The van der Waals surface area contributed by atoms with Crippen LogP contribution in [-0.4, -0.2) is 32.9 Å². The first-order chi connectivity index (χ1) is 9.24. The van der Waals surface area contributed by atoms with Crippen LogP contribution in [-0.2, 0) is 4.74 Å². The number of nitrogens with two attached hydrogens (primary N) is 1. The molecular formula is C15H24N2O2. The predicted octanol–water partition coefficient (Wildman–Crippen LogP) is 1.77. The second kappa shape index (κ2) is 6.89. The van der Waals surface area contributed by atoms with Crippen LogP contribution in [0.2, 0.25) is 0 Å². The Labute approximate surface area is 115 Å². The molecule has 0 bridgehead atoms. The van der Waals surface area contributed by atoms with Gasteiger partial charge in [-0.2, -0.15) is 0 Å². The number of ether oxygens (including phenoxy) is 2. The first kappa shape index (κ1) is 14.3. The first-order valence-corrected chi connectivity index (χ1v) is 6.94. The molecule has 0 aliphatic carbocycles. The van der Waals surface area contributed by atoms with Crippen molar-refractivity contribution in [3.63, 3.8) is 0 Å². The van der Waals surface area contributed by atoms with E-state index in [2.05, 4.69) is 24.4 Å². The third kappa shape index (κ3) is 3.69. The van der Waals surface area contributed by atoms with Crippen molar-refractivity contribution in [2.24, 2.45) is 5.73 Å². The molecule has 1 aromatic rings. The van der Waals surface area contributed by atoms with Crippen molar-refractivity contribution in [3.05, 3.63) is 29.3 Å². The Morgan fingerprint density at radius 1 is 1.53 bits per heavy atom. The monoisotopic (exact) mass is 264 g/mol. The number of hydrogen-bond donors (Lipinski definition) is 2. The maximum Gasteiger partial charge on any atom is 0.121 e. The summed E-state index contributed by atoms with van der Waals surface area (Å²) in [5.74, 6) is 0.915. The fraction of sp³-hybridized carbons (Fsp3) is 0.600. The van der Waals surface area contributed by atoms with Gasteiger partial charge < -0.3 is 20.5 Å². The molecular weight excluding hydrogens is 240 g/mol. The van der Waals surface area contributed by atoms with Crippen LogP contribution < -0.4 is 15.8 Å². The zero-order chi connectivity index (χ0) is 13.7. The number of hydrogen-bond acceptors (Lipinski definition) is 4. The Morgan fingerprint density at radius 2 is 2.37 bits per heavy atom. The Bertz CT molecular complexity index is 403. The summed E-state index contributed by atoms with van der Waals surface area (Å²) in [5.41, 5.74) is 8.22. The van der Waals surface area contributed by atoms with E-state index < -0.39 is 0 Å². The highest BCUT2D eigenvalue weighted by atomic mass is 16.5. The largest absolute Gasteiger partial charge is 0.496 e. The third-order valence-corrected chi connectivity index (χ3v) is 3.67. The van der Waals surface area contributed by atoms with Gasteiger partial charge in [0.25, 0.3) is 0 Å². The molecule has 1 fully saturated rings. The number of aryl methyl sites for hydroxylation is 1. The van der Waals surface area contributed by atoms with Gasteiger partial charge >= 0.3 is 0 Å². The van der Waals surface area contributed by atoms with Crippen LogP contribution in [0.1, 0.15) is 30.0 Å². The summed E-state index contributed by atoms with van der Waals surface area (Å²) in [5, 5.41) is 3.50. The Morgan fingerprint density at radius 3 is 2.95 bits per heavy atom. The standard InChI is InChI=1S/C15H24N2O2/c1-11-8-12(5-6-15(11)18-2)14(9-16)17-10-13-4-3-7-19-13/h5-6,8,13-14,17H,3-4,7,9-10,16H2,1-2H3. The molecule has 1 heterocycles. The second-order valence-electron chi connectivity index (χ2n) is 5.06. The van der Waals surface area contributed by atoms with Crippen LogP contribution in [0.4, 0.5) is 0 Å². The average Bonchev–Trinajstić information content (AvgIpc) is 2.93. The summed E-state index contributed by atoms with van der Waals surface area (Å²) in [4.78, 5) is 0. The number of nitrogens with one attached hydrogen (secondary N) is 1. The molecule has 0 amide bonds. The third-order valence-electron chi connectivity index (χ3n) is 3.67. The zero-order valence-electron chi connectivity index (χ0n) is 11.8. The van der Waals surface area contributed by atoms with Crippen LogP contribution in [0.3, 0.4) is 0 Å². The SMILES string of the molecule is COc1ccc(C(CN)NCC2CCCO2)cc1C. The van der Waals surface area contributed by atoms with Crippen molar-refractivity contribution in [2.75, 3.05) is 26.8 Å². The minimum atomic E-state index is 0.175. The molecule has 2 atom stereocenters. The molecule has 4 heteroatoms. The Hall–Kier alpha value is -1.10. The molecule has 3 N–H and O–H groups in total. The van der Waals surface area contributed by atoms with Crippen molar-refractivity contribution >= 4 is 0 Å². The van der Waals surface area contributed by atoms with Crippen LogP contribution >= 0.6 is 0 Å². The highest BCUT2D eigenvalue weighted by Crippen LogP contribution is 2.22. The molecule has 4 nitrogen and oxygen atoms in total. The van der Waals surface area contributed by atoms with E-state index in [4.69, 9.17) is 15.2 Å². The number of methoxy groups -OCH3 is 1. The molecule has 0 spiro atoms. The van der Waals surface area contributed by atoms with Gasteiger partial charge in [-0.3, -0.25) is 0 Å². The van der Waals surface area contributed by atoms with E-state index in [0.29, 0.717) is 12.6 Å². The van der Waals surface area contributed by atoms with E-state index in [-0.39, 0.29) is 6.04 Å². The lowest BCUT2D eigenvalue weighted by Crippen LogP contribution is -2.34. The summed E-state index contributed by atoms with van der Waals surface area (Å²) >= 11 is 0. The minimum Gasteiger partial charge on any atom is -0.496 e. The number of rotatable bonds is 6. The zero-order valence-corrected chi connectivity index (χ0v) is 11.8. The maximum atomic E-state index is 5.88. The smallest absolute Gasteiger partial charge is 0.121 e. The average molecular weight is 264 g/mol. The Balaban J connectivity index is 1.97. The highest BCUT2D eigenvalue weighted by Gasteiger charge is 2.18. The molecule has 0 radical (unpaired) electrons. The van der Waals surface area contributed by atoms with Gasteiger partial charge in [0.1, 0.15) is 5.75 Å². The van der Waals surface area contributed by atoms with E-state index in [9.17, 15) is 0 Å². The van der Waals surface area contributed by atoms with Gasteiger partial charge in [-0.15, -0.1) is 0 Å². The molecule has 2 unspecified atom stereocenters. The molecule has 19 heavy (non-hydrogen) atoms. The second-order valence-corrected chi connectivity index (χ2v) is 5.06.